The van der Waals surface area contributed by atoms with Gasteiger partial charge in [0.25, 0.3) is 5.91 Å². The normalized spacial score (nSPS) is 9.95. The van der Waals surface area contributed by atoms with Crippen LogP contribution in [-0.4, -0.2) is 37.5 Å². The van der Waals surface area contributed by atoms with E-state index >= 15 is 0 Å². The van der Waals surface area contributed by atoms with E-state index in [0.717, 1.165) is 6.42 Å². The average Bonchev–Trinajstić information content (AvgIpc) is 2.51. The molecule has 0 fully saturated rings. The van der Waals surface area contributed by atoms with Crippen LogP contribution in [0.15, 0.2) is 18.2 Å². The van der Waals surface area contributed by atoms with Crippen molar-refractivity contribution < 1.29 is 19.1 Å². The smallest absolute Gasteiger partial charge is 0.338 e. The Hall–Kier alpha value is -1.79. The summed E-state index contributed by atoms with van der Waals surface area (Å²) < 4.78 is 4.81. The molecule has 0 atom stereocenters. The van der Waals surface area contributed by atoms with E-state index in [9.17, 15) is 14.4 Å². The van der Waals surface area contributed by atoms with Crippen molar-refractivity contribution in [3.05, 3.63) is 33.8 Å². The molecule has 2 N–H and O–H groups in total. The zero-order chi connectivity index (χ0) is 16.5. The highest BCUT2D eigenvalue weighted by atomic mass is 35.5. The highest BCUT2D eigenvalue weighted by Gasteiger charge is 2.12. The number of benzene rings is 1. The number of carbonyl (C=O) groups excluding carboxylic acids is 3. The molecule has 0 heterocycles. The summed E-state index contributed by atoms with van der Waals surface area (Å²) in [5, 5.41) is 5.47. The van der Waals surface area contributed by atoms with Crippen LogP contribution in [-0.2, 0) is 14.3 Å². The Morgan fingerprint density at radius 2 is 1.82 bits per heavy atom. The largest absolute Gasteiger partial charge is 0.452 e. The quantitative estimate of drug-likeness (QED) is 0.737. The Morgan fingerprint density at radius 1 is 1.09 bits per heavy atom. The average molecular weight is 347 g/mol. The minimum Gasteiger partial charge on any atom is -0.452 e. The summed E-state index contributed by atoms with van der Waals surface area (Å²) in [5.74, 6) is -1.57. The van der Waals surface area contributed by atoms with Crippen molar-refractivity contribution in [2.45, 2.75) is 13.3 Å². The molecule has 0 aromatic heterocycles. The van der Waals surface area contributed by atoms with Gasteiger partial charge in [0, 0.05) is 6.54 Å². The molecule has 0 spiro atoms. The molecule has 0 aliphatic rings. The van der Waals surface area contributed by atoms with Crippen LogP contribution in [0.1, 0.15) is 23.7 Å². The van der Waals surface area contributed by atoms with Crippen LogP contribution in [0, 0.1) is 0 Å². The Labute approximate surface area is 138 Å². The summed E-state index contributed by atoms with van der Waals surface area (Å²) in [6, 6.07) is 4.24. The summed E-state index contributed by atoms with van der Waals surface area (Å²) in [4.78, 5) is 34.4. The number of hydrogen-bond donors (Lipinski definition) is 2. The van der Waals surface area contributed by atoms with Gasteiger partial charge in [-0.3, -0.25) is 9.59 Å². The molecule has 22 heavy (non-hydrogen) atoms. The molecule has 2 amide bonds. The second-order valence-corrected chi connectivity index (χ2v) is 5.15. The van der Waals surface area contributed by atoms with Crippen LogP contribution in [0.4, 0.5) is 0 Å². The van der Waals surface area contributed by atoms with Crippen molar-refractivity contribution in [2.75, 3.05) is 19.7 Å². The van der Waals surface area contributed by atoms with Crippen molar-refractivity contribution in [3.63, 3.8) is 0 Å². The first-order valence-corrected chi connectivity index (χ1v) is 7.35. The Kier molecular flexibility index (Phi) is 7.70. The minimum atomic E-state index is -0.704. The van der Waals surface area contributed by atoms with Gasteiger partial charge in [0.15, 0.2) is 6.61 Å². The van der Waals surface area contributed by atoms with Gasteiger partial charge in [-0.15, -0.1) is 0 Å². The summed E-state index contributed by atoms with van der Waals surface area (Å²) in [6.45, 7) is 1.81. The first-order valence-electron chi connectivity index (χ1n) is 6.59. The maximum absolute atomic E-state index is 11.7. The van der Waals surface area contributed by atoms with E-state index in [4.69, 9.17) is 27.9 Å². The summed E-state index contributed by atoms with van der Waals surface area (Å²) in [5.41, 5.74) is 0.183. The third kappa shape index (κ3) is 6.32. The molecular weight excluding hydrogens is 331 g/mol. The standard InChI is InChI=1S/C14H16Cl2N2O4/c1-2-5-17-12(19)7-18-13(20)8-22-14(21)9-3-4-10(15)11(16)6-9/h3-4,6H,2,5,7-8H2,1H3,(H,17,19)(H,18,20). The Bertz CT molecular complexity index is 564. The van der Waals surface area contributed by atoms with E-state index in [0.29, 0.717) is 11.6 Å². The van der Waals surface area contributed by atoms with Gasteiger partial charge in [0.05, 0.1) is 22.2 Å². The lowest BCUT2D eigenvalue weighted by Crippen LogP contribution is -2.38. The number of halogens is 2. The fourth-order valence-corrected chi connectivity index (χ4v) is 1.69. The molecule has 0 unspecified atom stereocenters. The molecule has 1 aromatic carbocycles. The van der Waals surface area contributed by atoms with E-state index in [-0.39, 0.29) is 23.0 Å². The van der Waals surface area contributed by atoms with Crippen molar-refractivity contribution in [1.29, 1.82) is 0 Å². The molecule has 0 aliphatic heterocycles. The molecule has 0 bridgehead atoms. The van der Waals surface area contributed by atoms with E-state index < -0.39 is 18.5 Å². The number of rotatable bonds is 7. The molecule has 1 aromatic rings. The lowest BCUT2D eigenvalue weighted by atomic mass is 10.2. The first kappa shape index (κ1) is 18.3. The van der Waals surface area contributed by atoms with Crippen LogP contribution < -0.4 is 10.6 Å². The number of ether oxygens (including phenoxy) is 1. The number of nitrogens with one attached hydrogen (secondary N) is 2. The highest BCUT2D eigenvalue weighted by Crippen LogP contribution is 2.22. The second-order valence-electron chi connectivity index (χ2n) is 4.33. The topological polar surface area (TPSA) is 84.5 Å². The lowest BCUT2D eigenvalue weighted by molar-refractivity contribution is -0.127. The number of esters is 1. The number of hydrogen-bond acceptors (Lipinski definition) is 4. The van der Waals surface area contributed by atoms with Gasteiger partial charge >= 0.3 is 5.97 Å². The van der Waals surface area contributed by atoms with Gasteiger partial charge in [0.2, 0.25) is 5.91 Å². The third-order valence-corrected chi connectivity index (χ3v) is 3.25. The summed E-state index contributed by atoms with van der Waals surface area (Å²) in [6.07, 6.45) is 0.806. The van der Waals surface area contributed by atoms with Crippen LogP contribution in [0.3, 0.4) is 0 Å². The lowest BCUT2D eigenvalue weighted by Gasteiger charge is -2.07. The van der Waals surface area contributed by atoms with Gasteiger partial charge in [0.1, 0.15) is 0 Å². The molecule has 120 valence electrons. The molecule has 8 heteroatoms. The fraction of sp³-hybridized carbons (Fsp3) is 0.357. The number of amides is 2. The molecule has 1 rings (SSSR count). The van der Waals surface area contributed by atoms with Gasteiger partial charge in [-0.05, 0) is 24.6 Å². The number of carbonyl (C=O) groups is 3. The predicted molar refractivity (Wildman–Crippen MR) is 83.1 cm³/mol. The van der Waals surface area contributed by atoms with Crippen LogP contribution in [0.5, 0.6) is 0 Å². The summed E-state index contributed by atoms with van der Waals surface area (Å²) >= 11 is 11.5. The molecular formula is C14H16Cl2N2O4. The van der Waals surface area contributed by atoms with Crippen LogP contribution in [0.25, 0.3) is 0 Å². The van der Waals surface area contributed by atoms with Gasteiger partial charge in [-0.25, -0.2) is 4.79 Å². The van der Waals surface area contributed by atoms with Gasteiger partial charge in [-0.1, -0.05) is 30.1 Å². The van der Waals surface area contributed by atoms with Crippen molar-refractivity contribution in [3.8, 4) is 0 Å². The van der Waals surface area contributed by atoms with Crippen molar-refractivity contribution in [1.82, 2.24) is 10.6 Å². The molecule has 0 radical (unpaired) electrons. The zero-order valence-electron chi connectivity index (χ0n) is 11.9. The third-order valence-electron chi connectivity index (χ3n) is 2.51. The van der Waals surface area contributed by atoms with E-state index in [2.05, 4.69) is 10.6 Å². The molecule has 6 nitrogen and oxygen atoms in total. The Morgan fingerprint density at radius 3 is 2.45 bits per heavy atom. The Balaban J connectivity index is 2.35. The SMILES string of the molecule is CCCNC(=O)CNC(=O)COC(=O)c1ccc(Cl)c(Cl)c1. The van der Waals surface area contributed by atoms with Crippen molar-refractivity contribution >= 4 is 41.0 Å². The first-order chi connectivity index (χ1) is 10.4. The minimum absolute atomic E-state index is 0.164. The predicted octanol–water partition coefficient (Wildman–Crippen LogP) is 1.79. The summed E-state index contributed by atoms with van der Waals surface area (Å²) in [7, 11) is 0. The fourth-order valence-electron chi connectivity index (χ4n) is 1.39. The van der Waals surface area contributed by atoms with E-state index in [1.807, 2.05) is 6.92 Å². The van der Waals surface area contributed by atoms with Crippen LogP contribution in [0.2, 0.25) is 10.0 Å². The molecule has 0 saturated heterocycles. The van der Waals surface area contributed by atoms with Crippen molar-refractivity contribution in [2.24, 2.45) is 0 Å². The molecule has 0 saturated carbocycles. The van der Waals surface area contributed by atoms with Gasteiger partial charge < -0.3 is 15.4 Å². The van der Waals surface area contributed by atoms with Gasteiger partial charge in [-0.2, -0.15) is 0 Å². The maximum atomic E-state index is 11.7. The van der Waals surface area contributed by atoms with E-state index in [1.54, 1.807) is 0 Å². The van der Waals surface area contributed by atoms with Crippen LogP contribution >= 0.6 is 23.2 Å². The molecule has 0 aliphatic carbocycles. The second kappa shape index (κ2) is 9.27. The zero-order valence-corrected chi connectivity index (χ0v) is 13.5. The highest BCUT2D eigenvalue weighted by molar-refractivity contribution is 6.42. The monoisotopic (exact) mass is 346 g/mol. The van der Waals surface area contributed by atoms with E-state index in [1.165, 1.54) is 18.2 Å². The maximum Gasteiger partial charge on any atom is 0.338 e.